The molecule has 0 unspecified atom stereocenters. The fraction of sp³-hybridized carbons (Fsp3) is 0.600. The zero-order valence-electron chi connectivity index (χ0n) is 9.71. The molecule has 0 fully saturated rings. The Kier molecular flexibility index (Phi) is 3.28. The Labute approximate surface area is 98.7 Å². The maximum Gasteiger partial charge on any atom is 0.177 e. The number of hydrogen-bond acceptors (Lipinski definition) is 5. The zero-order valence-corrected chi connectivity index (χ0v) is 10.5. The number of hydrogen-bond donors (Lipinski definition) is 0. The normalized spacial score (nSPS) is 11.2. The van der Waals surface area contributed by atoms with Crippen molar-refractivity contribution in [1.29, 1.82) is 0 Å². The first-order valence-corrected chi connectivity index (χ1v) is 6.19. The Balaban J connectivity index is 2.37. The quantitative estimate of drug-likeness (QED) is 0.816. The first kappa shape index (κ1) is 11.2. The van der Waals surface area contributed by atoms with Crippen molar-refractivity contribution in [2.45, 2.75) is 33.7 Å². The second-order valence-corrected chi connectivity index (χ2v) is 4.86. The molecule has 6 heteroatoms. The van der Waals surface area contributed by atoms with E-state index < -0.39 is 0 Å². The Morgan fingerprint density at radius 2 is 2.19 bits per heavy atom. The Bertz CT molecular complexity index is 459. The van der Waals surface area contributed by atoms with Gasteiger partial charge in [0.15, 0.2) is 5.82 Å². The molecule has 0 amide bonds. The van der Waals surface area contributed by atoms with Crippen molar-refractivity contribution in [3.63, 3.8) is 0 Å². The smallest absolute Gasteiger partial charge is 0.177 e. The molecule has 0 bridgehead atoms. The molecule has 2 heterocycles. The topological polar surface area (TPSA) is 56.5 Å². The van der Waals surface area contributed by atoms with E-state index in [0.717, 1.165) is 29.4 Å². The number of aromatic nitrogens is 5. The summed E-state index contributed by atoms with van der Waals surface area (Å²) in [6, 6.07) is 0. The Morgan fingerprint density at radius 1 is 1.38 bits per heavy atom. The van der Waals surface area contributed by atoms with Crippen LogP contribution in [0.2, 0.25) is 0 Å². The molecule has 5 nitrogen and oxygen atoms in total. The van der Waals surface area contributed by atoms with Crippen molar-refractivity contribution < 1.29 is 0 Å². The van der Waals surface area contributed by atoms with Gasteiger partial charge in [-0.3, -0.25) is 0 Å². The van der Waals surface area contributed by atoms with Crippen LogP contribution < -0.4 is 0 Å². The SMILES string of the molecule is CCc1nnsc1-c1nncn1CC(C)C. The van der Waals surface area contributed by atoms with Crippen molar-refractivity contribution in [3.05, 3.63) is 12.0 Å². The molecule has 16 heavy (non-hydrogen) atoms. The van der Waals surface area contributed by atoms with Crippen molar-refractivity contribution in [2.75, 3.05) is 0 Å². The molecule has 2 aromatic rings. The van der Waals surface area contributed by atoms with Gasteiger partial charge < -0.3 is 4.57 Å². The summed E-state index contributed by atoms with van der Waals surface area (Å²) in [5, 5.41) is 12.2. The van der Waals surface area contributed by atoms with E-state index in [-0.39, 0.29) is 0 Å². The van der Waals surface area contributed by atoms with Crippen molar-refractivity contribution in [2.24, 2.45) is 5.92 Å². The molecule has 0 saturated carbocycles. The highest BCUT2D eigenvalue weighted by Crippen LogP contribution is 2.24. The molecule has 0 spiro atoms. The molecule has 0 atom stereocenters. The summed E-state index contributed by atoms with van der Waals surface area (Å²) in [7, 11) is 0. The van der Waals surface area contributed by atoms with Crippen molar-refractivity contribution in [1.82, 2.24) is 24.4 Å². The van der Waals surface area contributed by atoms with Gasteiger partial charge in [-0.05, 0) is 23.9 Å². The summed E-state index contributed by atoms with van der Waals surface area (Å²) < 4.78 is 6.05. The summed E-state index contributed by atoms with van der Waals surface area (Å²) in [5.41, 5.74) is 1.00. The summed E-state index contributed by atoms with van der Waals surface area (Å²) in [4.78, 5) is 1.04. The third kappa shape index (κ3) is 2.11. The molecule has 0 radical (unpaired) electrons. The predicted molar refractivity (Wildman–Crippen MR) is 63.1 cm³/mol. The molecule has 0 N–H and O–H groups in total. The van der Waals surface area contributed by atoms with Gasteiger partial charge in [-0.1, -0.05) is 25.3 Å². The molecule has 2 aromatic heterocycles. The fourth-order valence-corrected chi connectivity index (χ4v) is 2.32. The van der Waals surface area contributed by atoms with E-state index in [4.69, 9.17) is 0 Å². The lowest BCUT2D eigenvalue weighted by atomic mass is 10.2. The minimum absolute atomic E-state index is 0.570. The van der Waals surface area contributed by atoms with E-state index in [9.17, 15) is 0 Å². The molecule has 86 valence electrons. The van der Waals surface area contributed by atoms with Crippen LogP contribution in [0.4, 0.5) is 0 Å². The molecular weight excluding hydrogens is 222 g/mol. The van der Waals surface area contributed by atoms with Gasteiger partial charge in [-0.25, -0.2) is 0 Å². The number of rotatable bonds is 4. The maximum absolute atomic E-state index is 4.16. The van der Waals surface area contributed by atoms with Gasteiger partial charge in [0.05, 0.1) is 5.69 Å². The highest BCUT2D eigenvalue weighted by atomic mass is 32.1. The van der Waals surface area contributed by atoms with E-state index in [2.05, 4.69) is 45.1 Å². The average molecular weight is 237 g/mol. The van der Waals surface area contributed by atoms with Crippen LogP contribution in [0.5, 0.6) is 0 Å². The van der Waals surface area contributed by atoms with E-state index in [0.29, 0.717) is 5.92 Å². The van der Waals surface area contributed by atoms with E-state index in [1.165, 1.54) is 11.5 Å². The average Bonchev–Trinajstić information content (AvgIpc) is 2.83. The van der Waals surface area contributed by atoms with Gasteiger partial charge in [0.25, 0.3) is 0 Å². The number of nitrogens with zero attached hydrogens (tertiary/aromatic N) is 5. The lowest BCUT2D eigenvalue weighted by Crippen LogP contribution is -2.05. The summed E-state index contributed by atoms with van der Waals surface area (Å²) in [5.74, 6) is 1.46. The predicted octanol–water partition coefficient (Wildman–Crippen LogP) is 2.01. The van der Waals surface area contributed by atoms with Crippen LogP contribution in [0.1, 0.15) is 26.5 Å². The highest BCUT2D eigenvalue weighted by Gasteiger charge is 2.15. The van der Waals surface area contributed by atoms with Gasteiger partial charge in [0.1, 0.15) is 11.2 Å². The van der Waals surface area contributed by atoms with Crippen molar-refractivity contribution in [3.8, 4) is 10.7 Å². The first-order chi connectivity index (χ1) is 7.72. The van der Waals surface area contributed by atoms with Gasteiger partial charge in [-0.15, -0.1) is 15.3 Å². The van der Waals surface area contributed by atoms with Gasteiger partial charge in [0, 0.05) is 6.54 Å². The summed E-state index contributed by atoms with van der Waals surface area (Å²) in [6.07, 6.45) is 2.65. The minimum atomic E-state index is 0.570. The fourth-order valence-electron chi connectivity index (χ4n) is 1.57. The first-order valence-electron chi connectivity index (χ1n) is 5.41. The minimum Gasteiger partial charge on any atom is -0.313 e. The molecule has 2 rings (SSSR count). The van der Waals surface area contributed by atoms with Crippen LogP contribution in [0.25, 0.3) is 10.7 Å². The van der Waals surface area contributed by atoms with Crippen LogP contribution >= 0.6 is 11.5 Å². The second kappa shape index (κ2) is 4.69. The maximum atomic E-state index is 4.16. The van der Waals surface area contributed by atoms with Crippen LogP contribution in [0.15, 0.2) is 6.33 Å². The summed E-state index contributed by atoms with van der Waals surface area (Å²) in [6.45, 7) is 7.34. The molecule has 0 aliphatic rings. The van der Waals surface area contributed by atoms with E-state index >= 15 is 0 Å². The standard InChI is InChI=1S/C10H15N5S/c1-4-8-9(16-14-12-8)10-13-11-6-15(10)5-7(2)3/h6-7H,4-5H2,1-3H3. The number of aryl methyl sites for hydroxylation is 1. The third-order valence-corrected chi connectivity index (χ3v) is 3.04. The van der Waals surface area contributed by atoms with Crippen LogP contribution in [0, 0.1) is 5.92 Å². The van der Waals surface area contributed by atoms with Gasteiger partial charge >= 0.3 is 0 Å². The lowest BCUT2D eigenvalue weighted by Gasteiger charge is -2.07. The third-order valence-electron chi connectivity index (χ3n) is 2.27. The molecule has 0 saturated heterocycles. The van der Waals surface area contributed by atoms with E-state index in [1.807, 2.05) is 0 Å². The molecular formula is C10H15N5S. The van der Waals surface area contributed by atoms with Crippen LogP contribution in [-0.4, -0.2) is 24.4 Å². The Hall–Kier alpha value is -1.30. The van der Waals surface area contributed by atoms with Gasteiger partial charge in [0.2, 0.25) is 0 Å². The highest BCUT2D eigenvalue weighted by molar-refractivity contribution is 7.09. The largest absolute Gasteiger partial charge is 0.313 e. The summed E-state index contributed by atoms with van der Waals surface area (Å²) >= 11 is 1.39. The van der Waals surface area contributed by atoms with Crippen molar-refractivity contribution >= 4 is 11.5 Å². The molecule has 0 aliphatic carbocycles. The Morgan fingerprint density at radius 3 is 2.88 bits per heavy atom. The lowest BCUT2D eigenvalue weighted by molar-refractivity contribution is 0.525. The second-order valence-electron chi connectivity index (χ2n) is 4.10. The molecule has 0 aliphatic heterocycles. The zero-order chi connectivity index (χ0) is 11.5. The van der Waals surface area contributed by atoms with Crippen LogP contribution in [-0.2, 0) is 13.0 Å². The molecule has 0 aromatic carbocycles. The van der Waals surface area contributed by atoms with Gasteiger partial charge in [-0.2, -0.15) is 0 Å². The van der Waals surface area contributed by atoms with E-state index in [1.54, 1.807) is 6.33 Å². The van der Waals surface area contributed by atoms with Crippen LogP contribution in [0.3, 0.4) is 0 Å². The monoisotopic (exact) mass is 237 g/mol.